The number of amides is 5. The number of urea groups is 1. The topological polar surface area (TPSA) is 163 Å². The van der Waals surface area contributed by atoms with Crippen LogP contribution in [0.2, 0.25) is 0 Å². The van der Waals surface area contributed by atoms with E-state index in [-0.39, 0.29) is 25.4 Å². The van der Waals surface area contributed by atoms with E-state index in [2.05, 4.69) is 40.5 Å². The molecule has 1 saturated carbocycles. The predicted octanol–water partition coefficient (Wildman–Crippen LogP) is 1.06. The Balaban J connectivity index is 2.05. The largest absolute Gasteiger partial charge is 0.450 e. The second-order valence-electron chi connectivity index (χ2n) is 11.3. The molecule has 0 aromatic rings. The normalized spacial score (nSPS) is 19.9. The molecular formula is C27H43N5O7S. The first-order chi connectivity index (χ1) is 18.7. The van der Waals surface area contributed by atoms with E-state index in [1.165, 1.54) is 17.9 Å². The Kier molecular flexibility index (Phi) is 12.0. The van der Waals surface area contributed by atoms with Crippen LogP contribution in [0, 0.1) is 11.3 Å². The highest BCUT2D eigenvalue weighted by Crippen LogP contribution is 2.36. The Bertz CT molecular complexity index is 994. The Morgan fingerprint density at radius 2 is 1.73 bits per heavy atom. The number of carbonyl (C=O) groups is 6. The summed E-state index contributed by atoms with van der Waals surface area (Å²) in [5, 5.41) is 10.2. The van der Waals surface area contributed by atoms with Crippen molar-refractivity contribution in [1.82, 2.24) is 26.2 Å². The summed E-state index contributed by atoms with van der Waals surface area (Å²) in [7, 11) is 0. The fraction of sp³-hybridized carbons (Fsp3) is 0.704. The van der Waals surface area contributed by atoms with Crippen LogP contribution in [0.1, 0.15) is 66.7 Å². The minimum absolute atomic E-state index is 0.112. The van der Waals surface area contributed by atoms with Gasteiger partial charge in [0, 0.05) is 19.0 Å². The average molecular weight is 582 g/mol. The molecule has 40 heavy (non-hydrogen) atoms. The molecule has 13 heteroatoms. The van der Waals surface area contributed by atoms with Gasteiger partial charge in [0.15, 0.2) is 0 Å². The molecule has 2 rings (SSSR count). The summed E-state index contributed by atoms with van der Waals surface area (Å²) in [4.78, 5) is 77.8. The van der Waals surface area contributed by atoms with E-state index in [0.717, 1.165) is 12.8 Å². The van der Waals surface area contributed by atoms with Crippen molar-refractivity contribution >= 4 is 48.1 Å². The van der Waals surface area contributed by atoms with Crippen molar-refractivity contribution in [2.75, 3.05) is 13.1 Å². The number of nitrogens with zero attached hydrogens (tertiary/aromatic N) is 1. The van der Waals surface area contributed by atoms with E-state index < -0.39 is 70.5 Å². The smallest absolute Gasteiger partial charge is 0.329 e. The van der Waals surface area contributed by atoms with E-state index >= 15 is 0 Å². The van der Waals surface area contributed by atoms with Gasteiger partial charge in [-0.05, 0) is 44.4 Å². The third kappa shape index (κ3) is 9.24. The van der Waals surface area contributed by atoms with E-state index in [0.29, 0.717) is 12.8 Å². The first-order valence-corrected chi connectivity index (χ1v) is 14.2. The zero-order chi connectivity index (χ0) is 30.2. The molecule has 5 amide bonds. The summed E-state index contributed by atoms with van der Waals surface area (Å²) >= 11 is 4.30. The molecule has 0 spiro atoms. The van der Waals surface area contributed by atoms with Gasteiger partial charge < -0.3 is 30.9 Å². The Labute approximate surface area is 241 Å². The lowest BCUT2D eigenvalue weighted by atomic mass is 9.85. The third-order valence-corrected chi connectivity index (χ3v) is 7.40. The standard InChI is InChI=1S/C27H43N5O7S/c1-7-13-28-22(35)19(33)15(3)29-21(34)18-10-9-14-32(18)23(36)20(27(4,5)6)31-26(38)30-17(8-2)24(37)39-25(40)16-11-12-16/h7,15-18,20,25,40H,1,8-14H2,2-6H3,(H,28,35)(H,29,34)(H2,30,31,38). The second-order valence-corrected chi connectivity index (χ2v) is 11.8. The third-order valence-electron chi connectivity index (χ3n) is 6.87. The zero-order valence-electron chi connectivity index (χ0n) is 24.0. The van der Waals surface area contributed by atoms with E-state index in [9.17, 15) is 28.8 Å². The average Bonchev–Trinajstić information content (AvgIpc) is 3.63. The highest BCUT2D eigenvalue weighted by atomic mass is 32.1. The lowest BCUT2D eigenvalue weighted by Gasteiger charge is -2.35. The van der Waals surface area contributed by atoms with Crippen molar-refractivity contribution in [2.24, 2.45) is 11.3 Å². The second kappa shape index (κ2) is 14.5. The molecule has 0 aromatic heterocycles. The molecule has 5 unspecified atom stereocenters. The SMILES string of the molecule is C=CCNC(=O)C(=O)C(C)NC(=O)C1CCCN1C(=O)C(NC(=O)NC(CC)C(=O)OC(S)C1CC1)C(C)(C)C. The highest BCUT2D eigenvalue weighted by molar-refractivity contribution is 7.80. The van der Waals surface area contributed by atoms with Crippen LogP contribution < -0.4 is 21.3 Å². The maximum Gasteiger partial charge on any atom is 0.329 e. The Morgan fingerprint density at radius 1 is 1.07 bits per heavy atom. The van der Waals surface area contributed by atoms with Gasteiger partial charge in [0.05, 0.1) is 6.04 Å². The van der Waals surface area contributed by atoms with Gasteiger partial charge in [-0.25, -0.2) is 9.59 Å². The fourth-order valence-electron chi connectivity index (χ4n) is 4.28. The number of hydrogen-bond donors (Lipinski definition) is 5. The van der Waals surface area contributed by atoms with Gasteiger partial charge in [-0.3, -0.25) is 19.2 Å². The van der Waals surface area contributed by atoms with Crippen LogP contribution in [0.5, 0.6) is 0 Å². The van der Waals surface area contributed by atoms with Crippen LogP contribution in [0.25, 0.3) is 0 Å². The number of rotatable bonds is 13. The number of esters is 1. The van der Waals surface area contributed by atoms with Crippen LogP contribution in [-0.2, 0) is 28.7 Å². The lowest BCUT2D eigenvalue weighted by molar-refractivity contribution is -0.148. The number of ether oxygens (including phenoxy) is 1. The minimum atomic E-state index is -1.10. The van der Waals surface area contributed by atoms with Crippen LogP contribution in [0.4, 0.5) is 4.79 Å². The summed E-state index contributed by atoms with van der Waals surface area (Å²) in [5.41, 5.74) is -1.26. The monoisotopic (exact) mass is 581 g/mol. The number of Topliss-reactive ketones (excluding diaryl/α,β-unsaturated/α-hetero) is 1. The molecule has 0 bridgehead atoms. The maximum absolute atomic E-state index is 13.7. The van der Waals surface area contributed by atoms with Crippen molar-refractivity contribution in [1.29, 1.82) is 0 Å². The van der Waals surface area contributed by atoms with Crippen LogP contribution in [0.15, 0.2) is 12.7 Å². The molecule has 12 nitrogen and oxygen atoms in total. The van der Waals surface area contributed by atoms with Crippen molar-refractivity contribution < 1.29 is 33.5 Å². The van der Waals surface area contributed by atoms with Crippen molar-refractivity contribution in [3.8, 4) is 0 Å². The first-order valence-electron chi connectivity index (χ1n) is 13.7. The molecule has 5 atom stereocenters. The van der Waals surface area contributed by atoms with Gasteiger partial charge in [0.2, 0.25) is 17.6 Å². The van der Waals surface area contributed by atoms with Gasteiger partial charge >= 0.3 is 12.0 Å². The first kappa shape index (κ1) is 33.1. The summed E-state index contributed by atoms with van der Waals surface area (Å²) in [6, 6.07) is -4.63. The van der Waals surface area contributed by atoms with Crippen molar-refractivity contribution in [3.05, 3.63) is 12.7 Å². The number of likely N-dealkylation sites (tertiary alicyclic amines) is 1. The number of ketones is 1. The van der Waals surface area contributed by atoms with Crippen molar-refractivity contribution in [3.63, 3.8) is 0 Å². The number of thiol groups is 1. The van der Waals surface area contributed by atoms with E-state index in [1.54, 1.807) is 27.7 Å². The van der Waals surface area contributed by atoms with Gasteiger partial charge in [0.25, 0.3) is 5.91 Å². The number of nitrogens with one attached hydrogen (secondary N) is 4. The quantitative estimate of drug-likeness (QED) is 0.0714. The lowest BCUT2D eigenvalue weighted by Crippen LogP contribution is -2.60. The highest BCUT2D eigenvalue weighted by Gasteiger charge is 2.43. The van der Waals surface area contributed by atoms with Crippen LogP contribution in [0.3, 0.4) is 0 Å². The van der Waals surface area contributed by atoms with Crippen molar-refractivity contribution in [2.45, 2.75) is 96.3 Å². The zero-order valence-corrected chi connectivity index (χ0v) is 24.8. The molecule has 1 heterocycles. The summed E-state index contributed by atoms with van der Waals surface area (Å²) in [5.74, 6) is -3.07. The molecule has 0 aromatic carbocycles. The predicted molar refractivity (Wildman–Crippen MR) is 151 cm³/mol. The molecule has 1 saturated heterocycles. The summed E-state index contributed by atoms with van der Waals surface area (Å²) in [6.45, 7) is 12.3. The molecule has 4 N–H and O–H groups in total. The fourth-order valence-corrected chi connectivity index (χ4v) is 4.68. The Hall–Kier alpha value is -3.09. The van der Waals surface area contributed by atoms with Gasteiger partial charge in [0.1, 0.15) is 23.6 Å². The van der Waals surface area contributed by atoms with Gasteiger partial charge in [-0.1, -0.05) is 33.8 Å². The van der Waals surface area contributed by atoms with Crippen LogP contribution >= 0.6 is 12.6 Å². The van der Waals surface area contributed by atoms with Gasteiger partial charge in [-0.15, -0.1) is 19.2 Å². The minimum Gasteiger partial charge on any atom is -0.450 e. The molecule has 0 radical (unpaired) electrons. The van der Waals surface area contributed by atoms with E-state index in [1.807, 2.05) is 0 Å². The molecule has 2 fully saturated rings. The maximum atomic E-state index is 13.7. The number of hydrogen-bond acceptors (Lipinski definition) is 8. The molecule has 2 aliphatic rings. The van der Waals surface area contributed by atoms with Gasteiger partial charge in [-0.2, -0.15) is 0 Å². The summed E-state index contributed by atoms with van der Waals surface area (Å²) in [6.07, 6.45) is 4.50. The number of carbonyl (C=O) groups excluding carboxylic acids is 6. The van der Waals surface area contributed by atoms with Crippen LogP contribution in [-0.4, -0.2) is 83.1 Å². The van der Waals surface area contributed by atoms with E-state index in [4.69, 9.17) is 4.74 Å². The molecule has 224 valence electrons. The molecule has 1 aliphatic heterocycles. The summed E-state index contributed by atoms with van der Waals surface area (Å²) < 4.78 is 5.36. The molecular weight excluding hydrogens is 538 g/mol. The Morgan fingerprint density at radius 3 is 2.27 bits per heavy atom. The molecule has 1 aliphatic carbocycles.